The summed E-state index contributed by atoms with van der Waals surface area (Å²) in [5, 5.41) is 1.22. The molecule has 0 aromatic carbocycles. The maximum atomic E-state index is 3.57. The molecule has 0 aromatic heterocycles. The summed E-state index contributed by atoms with van der Waals surface area (Å²) in [4.78, 5) is 0. The Labute approximate surface area is 162 Å². The Balaban J connectivity index is 1.64. The van der Waals surface area contributed by atoms with Crippen LogP contribution < -0.4 is 0 Å². The van der Waals surface area contributed by atoms with Gasteiger partial charge in [-0.3, -0.25) is 0 Å². The van der Waals surface area contributed by atoms with Crippen molar-refractivity contribution >= 4 is 15.9 Å². The minimum Gasteiger partial charge on any atom is -0.0928 e. The van der Waals surface area contributed by atoms with Gasteiger partial charge in [-0.1, -0.05) is 132 Å². The quantitative estimate of drug-likeness (QED) is 0.150. The molecule has 0 N–H and O–H groups in total. The average Bonchev–Trinajstić information content (AvgIpc) is 3.33. The molecule has 0 aromatic rings. The van der Waals surface area contributed by atoms with Crippen LogP contribution in [0.5, 0.6) is 0 Å². The fourth-order valence-electron chi connectivity index (χ4n) is 4.11. The SMILES string of the molecule is CCCCCCCCCCCCCCCCCC[C@H]1C[C@H]1CCBr. The van der Waals surface area contributed by atoms with E-state index in [-0.39, 0.29) is 0 Å². The minimum absolute atomic E-state index is 1.08. The van der Waals surface area contributed by atoms with Gasteiger partial charge in [-0.25, -0.2) is 0 Å². The van der Waals surface area contributed by atoms with Crippen LogP contribution in [0.15, 0.2) is 0 Å². The molecule has 0 radical (unpaired) electrons. The van der Waals surface area contributed by atoms with Crippen molar-refractivity contribution in [3.05, 3.63) is 0 Å². The Morgan fingerprint density at radius 1 is 0.542 bits per heavy atom. The highest BCUT2D eigenvalue weighted by Gasteiger charge is 2.34. The molecule has 0 spiro atoms. The Morgan fingerprint density at radius 3 is 1.33 bits per heavy atom. The second kappa shape index (κ2) is 16.9. The van der Waals surface area contributed by atoms with Crippen molar-refractivity contribution in [1.29, 1.82) is 0 Å². The average molecular weight is 402 g/mol. The van der Waals surface area contributed by atoms with Gasteiger partial charge in [0.2, 0.25) is 0 Å². The molecular weight excluding hydrogens is 356 g/mol. The van der Waals surface area contributed by atoms with Gasteiger partial charge in [-0.2, -0.15) is 0 Å². The molecule has 0 nitrogen and oxygen atoms in total. The predicted octanol–water partition coefficient (Wildman–Crippen LogP) is 9.06. The first kappa shape index (κ1) is 22.5. The van der Waals surface area contributed by atoms with Crippen molar-refractivity contribution in [3.8, 4) is 0 Å². The van der Waals surface area contributed by atoms with Crippen molar-refractivity contribution in [2.24, 2.45) is 11.8 Å². The van der Waals surface area contributed by atoms with Crippen LogP contribution >= 0.6 is 15.9 Å². The molecule has 0 unspecified atom stereocenters. The molecule has 1 aliphatic rings. The monoisotopic (exact) mass is 400 g/mol. The third-order valence-corrected chi connectivity index (χ3v) is 6.44. The van der Waals surface area contributed by atoms with E-state index in [1.807, 2.05) is 0 Å². The molecule has 1 rings (SSSR count). The lowest BCUT2D eigenvalue weighted by Gasteiger charge is -2.03. The van der Waals surface area contributed by atoms with Crippen molar-refractivity contribution in [2.45, 2.75) is 129 Å². The summed E-state index contributed by atoms with van der Waals surface area (Å²) in [6.45, 7) is 2.30. The zero-order valence-corrected chi connectivity index (χ0v) is 18.3. The van der Waals surface area contributed by atoms with Crippen molar-refractivity contribution < 1.29 is 0 Å². The lowest BCUT2D eigenvalue weighted by molar-refractivity contribution is 0.518. The van der Waals surface area contributed by atoms with E-state index in [9.17, 15) is 0 Å². The second-order valence-corrected chi connectivity index (χ2v) is 9.12. The molecular formula is C23H45Br. The molecule has 2 atom stereocenters. The number of rotatable bonds is 19. The summed E-state index contributed by atoms with van der Waals surface area (Å²) in [6, 6.07) is 0. The van der Waals surface area contributed by atoms with Gasteiger partial charge in [0.1, 0.15) is 0 Å². The molecule has 1 saturated carbocycles. The van der Waals surface area contributed by atoms with E-state index < -0.39 is 0 Å². The predicted molar refractivity (Wildman–Crippen MR) is 114 cm³/mol. The van der Waals surface area contributed by atoms with E-state index in [2.05, 4.69) is 22.9 Å². The van der Waals surface area contributed by atoms with Gasteiger partial charge in [0, 0.05) is 5.33 Å². The van der Waals surface area contributed by atoms with E-state index in [1.54, 1.807) is 0 Å². The summed E-state index contributed by atoms with van der Waals surface area (Å²) in [5.74, 6) is 2.19. The Kier molecular flexibility index (Phi) is 15.9. The maximum absolute atomic E-state index is 3.57. The minimum atomic E-state index is 1.08. The van der Waals surface area contributed by atoms with E-state index in [0.29, 0.717) is 0 Å². The van der Waals surface area contributed by atoms with Gasteiger partial charge in [-0.05, 0) is 24.7 Å². The number of unbranched alkanes of at least 4 members (excludes halogenated alkanes) is 15. The zero-order valence-electron chi connectivity index (χ0n) is 16.7. The van der Waals surface area contributed by atoms with Crippen LogP contribution in [0.1, 0.15) is 129 Å². The summed E-state index contributed by atoms with van der Waals surface area (Å²) in [6.07, 6.45) is 28.1. The highest BCUT2D eigenvalue weighted by atomic mass is 79.9. The normalized spacial score (nSPS) is 19.8. The van der Waals surface area contributed by atoms with Gasteiger partial charge >= 0.3 is 0 Å². The lowest BCUT2D eigenvalue weighted by atomic mass is 10.0. The molecule has 0 bridgehead atoms. The molecule has 1 aliphatic carbocycles. The topological polar surface area (TPSA) is 0 Å². The maximum Gasteiger partial charge on any atom is 0.00340 e. The summed E-state index contributed by atoms with van der Waals surface area (Å²) >= 11 is 3.57. The molecule has 1 fully saturated rings. The van der Waals surface area contributed by atoms with Crippen molar-refractivity contribution in [3.63, 3.8) is 0 Å². The molecule has 1 heteroatoms. The highest BCUT2D eigenvalue weighted by Crippen LogP contribution is 2.45. The third-order valence-electron chi connectivity index (χ3n) is 5.98. The lowest BCUT2D eigenvalue weighted by Crippen LogP contribution is -1.86. The van der Waals surface area contributed by atoms with Crippen LogP contribution in [0, 0.1) is 11.8 Å². The van der Waals surface area contributed by atoms with E-state index in [4.69, 9.17) is 0 Å². The van der Waals surface area contributed by atoms with Crippen LogP contribution in [0.2, 0.25) is 0 Å². The second-order valence-electron chi connectivity index (χ2n) is 8.33. The van der Waals surface area contributed by atoms with E-state index in [0.717, 1.165) is 11.8 Å². The van der Waals surface area contributed by atoms with Crippen LogP contribution in [0.3, 0.4) is 0 Å². The van der Waals surface area contributed by atoms with Crippen LogP contribution in [-0.2, 0) is 0 Å². The summed E-state index contributed by atoms with van der Waals surface area (Å²) in [7, 11) is 0. The number of alkyl halides is 1. The fraction of sp³-hybridized carbons (Fsp3) is 1.00. The Morgan fingerprint density at radius 2 is 0.917 bits per heavy atom. The van der Waals surface area contributed by atoms with Crippen LogP contribution in [0.4, 0.5) is 0 Å². The zero-order chi connectivity index (χ0) is 17.3. The number of hydrogen-bond donors (Lipinski definition) is 0. The molecule has 0 heterocycles. The Hall–Kier alpha value is 0.480. The largest absolute Gasteiger partial charge is 0.0928 e. The van der Waals surface area contributed by atoms with Crippen molar-refractivity contribution in [1.82, 2.24) is 0 Å². The number of hydrogen-bond acceptors (Lipinski definition) is 0. The van der Waals surface area contributed by atoms with Crippen LogP contribution in [0.25, 0.3) is 0 Å². The van der Waals surface area contributed by atoms with Crippen molar-refractivity contribution in [2.75, 3.05) is 5.33 Å². The molecule has 24 heavy (non-hydrogen) atoms. The molecule has 0 aliphatic heterocycles. The van der Waals surface area contributed by atoms with E-state index in [1.165, 1.54) is 127 Å². The van der Waals surface area contributed by atoms with E-state index >= 15 is 0 Å². The highest BCUT2D eigenvalue weighted by molar-refractivity contribution is 9.09. The standard InChI is InChI=1S/C23H45Br/c1-2-3-4-5-6-7-8-9-10-11-12-13-14-15-16-17-18-22-21-23(22)19-20-24/h22-23H,2-21H2,1H3/t22-,23+/m0/s1. The number of halogens is 1. The molecule has 0 amide bonds. The first-order chi connectivity index (χ1) is 11.9. The van der Waals surface area contributed by atoms with Gasteiger partial charge in [0.05, 0.1) is 0 Å². The summed E-state index contributed by atoms with van der Waals surface area (Å²) < 4.78 is 0. The van der Waals surface area contributed by atoms with Gasteiger partial charge < -0.3 is 0 Å². The van der Waals surface area contributed by atoms with Gasteiger partial charge in [0.25, 0.3) is 0 Å². The molecule has 0 saturated heterocycles. The first-order valence-corrected chi connectivity index (χ1v) is 12.6. The fourth-order valence-corrected chi connectivity index (χ4v) is 4.70. The molecule has 144 valence electrons. The Bertz CT molecular complexity index is 250. The first-order valence-electron chi connectivity index (χ1n) is 11.4. The third kappa shape index (κ3) is 13.7. The van der Waals surface area contributed by atoms with Gasteiger partial charge in [0.15, 0.2) is 0 Å². The smallest absolute Gasteiger partial charge is 0.00340 e. The van der Waals surface area contributed by atoms with Crippen LogP contribution in [-0.4, -0.2) is 5.33 Å². The summed E-state index contributed by atoms with van der Waals surface area (Å²) in [5.41, 5.74) is 0. The van der Waals surface area contributed by atoms with Gasteiger partial charge in [-0.15, -0.1) is 0 Å².